The van der Waals surface area contributed by atoms with Crippen LogP contribution in [0, 0.1) is 12.7 Å². The van der Waals surface area contributed by atoms with Gasteiger partial charge in [-0.25, -0.2) is 9.18 Å². The van der Waals surface area contributed by atoms with Gasteiger partial charge in [0.15, 0.2) is 6.61 Å². The fourth-order valence-electron chi connectivity index (χ4n) is 1.91. The van der Waals surface area contributed by atoms with Gasteiger partial charge in [0.25, 0.3) is 5.91 Å². The van der Waals surface area contributed by atoms with Crippen molar-refractivity contribution in [1.82, 2.24) is 5.32 Å². The Kier molecular flexibility index (Phi) is 7.28. The summed E-state index contributed by atoms with van der Waals surface area (Å²) in [6, 6.07) is 11.6. The zero-order valence-electron chi connectivity index (χ0n) is 13.6. The van der Waals surface area contributed by atoms with Gasteiger partial charge in [-0.2, -0.15) is 0 Å². The number of benzene rings is 2. The van der Waals surface area contributed by atoms with E-state index in [0.29, 0.717) is 12.3 Å². The molecule has 0 aliphatic carbocycles. The minimum atomic E-state index is -0.927. The van der Waals surface area contributed by atoms with E-state index < -0.39 is 24.3 Å². The predicted molar refractivity (Wildman–Crippen MR) is 96.6 cm³/mol. The number of hydrogen-bond acceptors (Lipinski definition) is 4. The minimum absolute atomic E-state index is 0.214. The van der Waals surface area contributed by atoms with Crippen LogP contribution < -0.4 is 5.32 Å². The van der Waals surface area contributed by atoms with E-state index in [0.717, 1.165) is 17.0 Å². The van der Waals surface area contributed by atoms with Crippen molar-refractivity contribution in [3.63, 3.8) is 0 Å². The molecule has 0 saturated heterocycles. The number of nitrogens with one attached hydrogen (secondary N) is 1. The lowest BCUT2D eigenvalue weighted by Crippen LogP contribution is -2.30. The summed E-state index contributed by atoms with van der Waals surface area (Å²) in [5.74, 6) is -1.43. The molecule has 132 valence electrons. The SMILES string of the molecule is Cc1ccc(SCCNC(=O)COC(=O)c2cc(Cl)ccc2F)cc1. The van der Waals surface area contributed by atoms with Gasteiger partial charge in [0.1, 0.15) is 5.82 Å². The average molecular weight is 382 g/mol. The lowest BCUT2D eigenvalue weighted by Gasteiger charge is -2.07. The van der Waals surface area contributed by atoms with E-state index in [-0.39, 0.29) is 10.6 Å². The van der Waals surface area contributed by atoms with Crippen LogP contribution in [-0.2, 0) is 9.53 Å². The molecule has 1 N–H and O–H groups in total. The van der Waals surface area contributed by atoms with Crippen molar-refractivity contribution in [3.8, 4) is 0 Å². The van der Waals surface area contributed by atoms with Crippen LogP contribution in [0.5, 0.6) is 0 Å². The maximum atomic E-state index is 13.5. The Labute approximate surface area is 154 Å². The van der Waals surface area contributed by atoms with Crippen LogP contribution in [0.2, 0.25) is 5.02 Å². The van der Waals surface area contributed by atoms with E-state index in [9.17, 15) is 14.0 Å². The first-order chi connectivity index (χ1) is 12.0. The third-order valence-electron chi connectivity index (χ3n) is 3.20. The molecule has 4 nitrogen and oxygen atoms in total. The number of amides is 1. The lowest BCUT2D eigenvalue weighted by atomic mass is 10.2. The summed E-state index contributed by atoms with van der Waals surface area (Å²) >= 11 is 7.32. The fourth-order valence-corrected chi connectivity index (χ4v) is 2.85. The van der Waals surface area contributed by atoms with Gasteiger partial charge in [-0.15, -0.1) is 11.8 Å². The van der Waals surface area contributed by atoms with E-state index in [1.54, 1.807) is 11.8 Å². The van der Waals surface area contributed by atoms with E-state index in [1.807, 2.05) is 31.2 Å². The van der Waals surface area contributed by atoms with Crippen molar-refractivity contribution in [1.29, 1.82) is 0 Å². The Morgan fingerprint density at radius 2 is 1.92 bits per heavy atom. The van der Waals surface area contributed by atoms with Gasteiger partial charge < -0.3 is 10.1 Å². The Morgan fingerprint density at radius 3 is 2.64 bits per heavy atom. The monoisotopic (exact) mass is 381 g/mol. The van der Waals surface area contributed by atoms with Gasteiger partial charge >= 0.3 is 5.97 Å². The molecule has 0 aliphatic heterocycles. The molecular formula is C18H17ClFNO3S. The van der Waals surface area contributed by atoms with E-state index in [2.05, 4.69) is 5.32 Å². The molecule has 0 unspecified atom stereocenters. The summed E-state index contributed by atoms with van der Waals surface area (Å²) in [6.45, 7) is 1.98. The molecule has 0 aliphatic rings. The predicted octanol–water partition coefficient (Wildman–Crippen LogP) is 3.85. The Balaban J connectivity index is 1.69. The summed E-state index contributed by atoms with van der Waals surface area (Å²) in [4.78, 5) is 24.5. The molecule has 1 amide bonds. The minimum Gasteiger partial charge on any atom is -0.452 e. The van der Waals surface area contributed by atoms with E-state index in [1.165, 1.54) is 11.6 Å². The number of halogens is 2. The Bertz CT molecular complexity index is 752. The first-order valence-corrected chi connectivity index (χ1v) is 8.90. The maximum Gasteiger partial charge on any atom is 0.341 e. The van der Waals surface area contributed by atoms with Crippen LogP contribution in [0.25, 0.3) is 0 Å². The quantitative estimate of drug-likeness (QED) is 0.449. The van der Waals surface area contributed by atoms with Gasteiger partial charge in [-0.1, -0.05) is 29.3 Å². The summed E-state index contributed by atoms with van der Waals surface area (Å²) in [5.41, 5.74) is 0.894. The number of esters is 1. The van der Waals surface area contributed by atoms with Crippen molar-refractivity contribution in [3.05, 3.63) is 64.4 Å². The smallest absolute Gasteiger partial charge is 0.341 e. The van der Waals surface area contributed by atoms with Crippen molar-refractivity contribution in [2.75, 3.05) is 18.9 Å². The van der Waals surface area contributed by atoms with E-state index in [4.69, 9.17) is 16.3 Å². The molecule has 2 rings (SSSR count). The van der Waals surface area contributed by atoms with Crippen molar-refractivity contribution >= 4 is 35.2 Å². The van der Waals surface area contributed by atoms with Gasteiger partial charge in [-0.05, 0) is 37.3 Å². The van der Waals surface area contributed by atoms with Gasteiger partial charge in [0, 0.05) is 22.2 Å². The largest absolute Gasteiger partial charge is 0.452 e. The maximum absolute atomic E-state index is 13.5. The number of aryl methyl sites for hydroxylation is 1. The molecule has 0 spiro atoms. The zero-order valence-corrected chi connectivity index (χ0v) is 15.1. The number of ether oxygens (including phenoxy) is 1. The molecule has 7 heteroatoms. The summed E-state index contributed by atoms with van der Waals surface area (Å²) in [5, 5.41) is 2.85. The van der Waals surface area contributed by atoms with Crippen LogP contribution in [0.3, 0.4) is 0 Å². The summed E-state index contributed by atoms with van der Waals surface area (Å²) < 4.78 is 18.3. The Hall–Kier alpha value is -2.05. The van der Waals surface area contributed by atoms with Crippen LogP contribution in [-0.4, -0.2) is 30.8 Å². The second-order valence-electron chi connectivity index (χ2n) is 5.21. The normalized spacial score (nSPS) is 10.4. The second-order valence-corrected chi connectivity index (χ2v) is 6.82. The lowest BCUT2D eigenvalue weighted by molar-refractivity contribution is -0.124. The number of thioether (sulfide) groups is 1. The molecule has 2 aromatic carbocycles. The van der Waals surface area contributed by atoms with Crippen molar-refractivity contribution < 1.29 is 18.7 Å². The van der Waals surface area contributed by atoms with Crippen LogP contribution >= 0.6 is 23.4 Å². The summed E-state index contributed by atoms with van der Waals surface area (Å²) in [6.07, 6.45) is 0. The molecule has 0 aromatic heterocycles. The molecule has 0 atom stereocenters. The molecule has 0 radical (unpaired) electrons. The third-order valence-corrected chi connectivity index (χ3v) is 4.45. The van der Waals surface area contributed by atoms with Crippen LogP contribution in [0.15, 0.2) is 47.4 Å². The van der Waals surface area contributed by atoms with E-state index >= 15 is 0 Å². The molecule has 0 saturated carbocycles. The highest BCUT2D eigenvalue weighted by Gasteiger charge is 2.15. The topological polar surface area (TPSA) is 55.4 Å². The first-order valence-electron chi connectivity index (χ1n) is 7.54. The zero-order chi connectivity index (χ0) is 18.2. The Morgan fingerprint density at radius 1 is 1.20 bits per heavy atom. The number of rotatable bonds is 7. The highest BCUT2D eigenvalue weighted by Crippen LogP contribution is 2.17. The molecule has 0 heterocycles. The van der Waals surface area contributed by atoms with Gasteiger partial charge in [-0.3, -0.25) is 4.79 Å². The molecular weight excluding hydrogens is 365 g/mol. The highest BCUT2D eigenvalue weighted by atomic mass is 35.5. The third kappa shape index (κ3) is 6.40. The number of carbonyl (C=O) groups is 2. The van der Waals surface area contributed by atoms with Crippen molar-refractivity contribution in [2.45, 2.75) is 11.8 Å². The number of hydrogen-bond donors (Lipinski definition) is 1. The second kappa shape index (κ2) is 9.44. The van der Waals surface area contributed by atoms with Crippen LogP contribution in [0.1, 0.15) is 15.9 Å². The van der Waals surface area contributed by atoms with Crippen molar-refractivity contribution in [2.24, 2.45) is 0 Å². The molecule has 0 bridgehead atoms. The standard InChI is InChI=1S/C18H17ClFNO3S/c1-12-2-5-14(6-3-12)25-9-8-21-17(22)11-24-18(23)15-10-13(19)4-7-16(15)20/h2-7,10H,8-9,11H2,1H3,(H,21,22). The number of carbonyl (C=O) groups excluding carboxylic acids is 2. The highest BCUT2D eigenvalue weighted by molar-refractivity contribution is 7.99. The molecule has 0 fully saturated rings. The molecule has 25 heavy (non-hydrogen) atoms. The fraction of sp³-hybridized carbons (Fsp3) is 0.222. The van der Waals surface area contributed by atoms with Gasteiger partial charge in [0.05, 0.1) is 5.56 Å². The average Bonchev–Trinajstić information content (AvgIpc) is 2.60. The first kappa shape index (κ1) is 19.3. The van der Waals surface area contributed by atoms with Crippen LogP contribution in [0.4, 0.5) is 4.39 Å². The summed E-state index contributed by atoms with van der Waals surface area (Å²) in [7, 11) is 0. The molecule has 2 aromatic rings. The van der Waals surface area contributed by atoms with Gasteiger partial charge in [0.2, 0.25) is 0 Å².